The monoisotopic (exact) mass is 254 g/mol. The number of benzene rings is 1. The first-order valence-electron chi connectivity index (χ1n) is 5.06. The maximum atomic E-state index is 11.6. The Labute approximate surface area is 104 Å². The van der Waals surface area contributed by atoms with Crippen molar-refractivity contribution >= 4 is 11.8 Å². The normalized spacial score (nSPS) is 9.94. The molecule has 6 heteroatoms. The molecule has 0 aromatic heterocycles. The first-order chi connectivity index (χ1) is 8.54. The molecule has 6 nitrogen and oxygen atoms in total. The average molecular weight is 254 g/mol. The average Bonchev–Trinajstić information content (AvgIpc) is 2.37. The standard InChI is InChI=1S/C12H14O6/c1-16-6-7-4-8(17-2)5-9(18-3)10(7)11(13)12(14)15/h4-5H,6H2,1-3H3,(H,14,15). The van der Waals surface area contributed by atoms with E-state index in [9.17, 15) is 9.59 Å². The van der Waals surface area contributed by atoms with E-state index >= 15 is 0 Å². The Hall–Kier alpha value is -2.08. The van der Waals surface area contributed by atoms with E-state index in [1.807, 2.05) is 0 Å². The Morgan fingerprint density at radius 3 is 2.28 bits per heavy atom. The lowest BCUT2D eigenvalue weighted by Gasteiger charge is -2.13. The van der Waals surface area contributed by atoms with Crippen molar-refractivity contribution in [3.05, 3.63) is 23.3 Å². The van der Waals surface area contributed by atoms with Gasteiger partial charge in [-0.25, -0.2) is 4.79 Å². The van der Waals surface area contributed by atoms with Gasteiger partial charge < -0.3 is 19.3 Å². The fourth-order valence-corrected chi connectivity index (χ4v) is 1.56. The van der Waals surface area contributed by atoms with Gasteiger partial charge in [0.1, 0.15) is 11.5 Å². The second-order valence-electron chi connectivity index (χ2n) is 3.43. The molecule has 1 aromatic rings. The van der Waals surface area contributed by atoms with Gasteiger partial charge in [-0.15, -0.1) is 0 Å². The number of carbonyl (C=O) groups excluding carboxylic acids is 1. The molecule has 0 heterocycles. The molecule has 0 aliphatic heterocycles. The molecule has 0 bridgehead atoms. The fourth-order valence-electron chi connectivity index (χ4n) is 1.56. The molecular formula is C12H14O6. The summed E-state index contributed by atoms with van der Waals surface area (Å²) in [7, 11) is 4.26. The second-order valence-corrected chi connectivity index (χ2v) is 3.43. The zero-order valence-corrected chi connectivity index (χ0v) is 10.4. The number of methoxy groups -OCH3 is 3. The summed E-state index contributed by atoms with van der Waals surface area (Å²) in [6.45, 7) is 0.0852. The third kappa shape index (κ3) is 2.78. The van der Waals surface area contributed by atoms with E-state index in [1.54, 1.807) is 6.07 Å². The van der Waals surface area contributed by atoms with Crippen LogP contribution in [0.15, 0.2) is 12.1 Å². The molecule has 0 saturated heterocycles. The van der Waals surface area contributed by atoms with Crippen LogP contribution in [0.4, 0.5) is 0 Å². The van der Waals surface area contributed by atoms with Crippen LogP contribution >= 0.6 is 0 Å². The lowest BCUT2D eigenvalue weighted by atomic mass is 10.0. The van der Waals surface area contributed by atoms with Crippen LogP contribution in [-0.2, 0) is 16.1 Å². The number of carbonyl (C=O) groups is 2. The summed E-state index contributed by atoms with van der Waals surface area (Å²) in [5.74, 6) is -1.98. The van der Waals surface area contributed by atoms with Gasteiger partial charge in [-0.2, -0.15) is 0 Å². The van der Waals surface area contributed by atoms with Crippen LogP contribution in [0.3, 0.4) is 0 Å². The molecule has 18 heavy (non-hydrogen) atoms. The SMILES string of the molecule is COCc1cc(OC)cc(OC)c1C(=O)C(=O)O. The van der Waals surface area contributed by atoms with Gasteiger partial charge in [0.05, 0.1) is 26.4 Å². The minimum Gasteiger partial charge on any atom is -0.497 e. The summed E-state index contributed by atoms with van der Waals surface area (Å²) in [6, 6.07) is 3.00. The molecule has 0 saturated carbocycles. The van der Waals surface area contributed by atoms with Gasteiger partial charge in [0.25, 0.3) is 5.78 Å². The maximum Gasteiger partial charge on any atom is 0.377 e. The Balaban J connectivity index is 3.43. The van der Waals surface area contributed by atoms with Crippen LogP contribution in [0.1, 0.15) is 15.9 Å². The first-order valence-corrected chi connectivity index (χ1v) is 5.06. The van der Waals surface area contributed by atoms with Crippen LogP contribution < -0.4 is 9.47 Å². The van der Waals surface area contributed by atoms with E-state index in [4.69, 9.17) is 19.3 Å². The van der Waals surface area contributed by atoms with Gasteiger partial charge in [-0.1, -0.05) is 0 Å². The highest BCUT2D eigenvalue weighted by molar-refractivity contribution is 6.41. The van der Waals surface area contributed by atoms with E-state index in [0.717, 1.165) is 0 Å². The first kappa shape index (κ1) is 14.0. The van der Waals surface area contributed by atoms with Crippen molar-refractivity contribution in [1.29, 1.82) is 0 Å². The van der Waals surface area contributed by atoms with Crippen LogP contribution in [0.25, 0.3) is 0 Å². The largest absolute Gasteiger partial charge is 0.497 e. The van der Waals surface area contributed by atoms with Gasteiger partial charge in [-0.3, -0.25) is 4.79 Å². The maximum absolute atomic E-state index is 11.6. The number of ether oxygens (including phenoxy) is 3. The minimum absolute atomic E-state index is 0.0207. The Bertz CT molecular complexity index is 466. The van der Waals surface area contributed by atoms with Crippen molar-refractivity contribution < 1.29 is 28.9 Å². The van der Waals surface area contributed by atoms with E-state index < -0.39 is 11.8 Å². The topological polar surface area (TPSA) is 82.1 Å². The minimum atomic E-state index is -1.55. The number of carboxylic acids is 1. The molecule has 0 aliphatic rings. The zero-order chi connectivity index (χ0) is 13.7. The van der Waals surface area contributed by atoms with Gasteiger partial charge in [0.15, 0.2) is 0 Å². The molecular weight excluding hydrogens is 240 g/mol. The Morgan fingerprint density at radius 1 is 1.17 bits per heavy atom. The summed E-state index contributed by atoms with van der Waals surface area (Å²) >= 11 is 0. The van der Waals surface area contributed by atoms with Crippen LogP contribution in [0.5, 0.6) is 11.5 Å². The van der Waals surface area contributed by atoms with Crippen molar-refractivity contribution in [1.82, 2.24) is 0 Å². The summed E-state index contributed by atoms with van der Waals surface area (Å²) in [4.78, 5) is 22.4. The number of hydrogen-bond donors (Lipinski definition) is 1. The van der Waals surface area contributed by atoms with Crippen molar-refractivity contribution in [3.63, 3.8) is 0 Å². The molecule has 0 aliphatic carbocycles. The van der Waals surface area contributed by atoms with E-state index in [0.29, 0.717) is 11.3 Å². The molecule has 0 unspecified atom stereocenters. The fraction of sp³-hybridized carbons (Fsp3) is 0.333. The van der Waals surface area contributed by atoms with Crippen LogP contribution in [0.2, 0.25) is 0 Å². The second kappa shape index (κ2) is 6.02. The number of aliphatic carboxylic acids is 1. The number of hydrogen-bond acceptors (Lipinski definition) is 5. The van der Waals surface area contributed by atoms with Crippen molar-refractivity contribution in [2.45, 2.75) is 6.61 Å². The van der Waals surface area contributed by atoms with Gasteiger partial charge in [-0.05, 0) is 11.6 Å². The molecule has 1 aromatic carbocycles. The molecule has 0 amide bonds. The van der Waals surface area contributed by atoms with Crippen LogP contribution in [0, 0.1) is 0 Å². The highest BCUT2D eigenvalue weighted by Gasteiger charge is 2.24. The molecule has 1 N–H and O–H groups in total. The third-order valence-corrected chi connectivity index (χ3v) is 2.33. The van der Waals surface area contributed by atoms with E-state index in [2.05, 4.69) is 0 Å². The number of rotatable bonds is 6. The molecule has 0 atom stereocenters. The highest BCUT2D eigenvalue weighted by Crippen LogP contribution is 2.29. The zero-order valence-electron chi connectivity index (χ0n) is 10.4. The molecule has 98 valence electrons. The summed E-state index contributed by atoms with van der Waals surface area (Å²) in [5.41, 5.74) is 0.383. The molecule has 1 rings (SSSR count). The molecule has 0 radical (unpaired) electrons. The molecule has 0 spiro atoms. The lowest BCUT2D eigenvalue weighted by molar-refractivity contribution is -0.131. The van der Waals surface area contributed by atoms with Crippen molar-refractivity contribution in [2.24, 2.45) is 0 Å². The summed E-state index contributed by atoms with van der Waals surface area (Å²) in [5, 5.41) is 8.80. The van der Waals surface area contributed by atoms with Gasteiger partial charge in [0.2, 0.25) is 0 Å². The van der Waals surface area contributed by atoms with Crippen molar-refractivity contribution in [3.8, 4) is 11.5 Å². The Morgan fingerprint density at radius 2 is 1.83 bits per heavy atom. The summed E-state index contributed by atoms with van der Waals surface area (Å²) in [6.07, 6.45) is 0. The quantitative estimate of drug-likeness (QED) is 0.605. The van der Waals surface area contributed by atoms with Gasteiger partial charge in [0, 0.05) is 13.2 Å². The third-order valence-electron chi connectivity index (χ3n) is 2.33. The van der Waals surface area contributed by atoms with Crippen LogP contribution in [-0.4, -0.2) is 38.2 Å². The summed E-state index contributed by atoms with van der Waals surface area (Å²) < 4.78 is 15.0. The van der Waals surface area contributed by atoms with Crippen molar-refractivity contribution in [2.75, 3.05) is 21.3 Å². The lowest BCUT2D eigenvalue weighted by Crippen LogP contribution is -2.16. The molecule has 0 fully saturated rings. The number of ketones is 1. The Kier molecular flexibility index (Phi) is 4.67. The predicted molar refractivity (Wildman–Crippen MR) is 62.2 cm³/mol. The highest BCUT2D eigenvalue weighted by atomic mass is 16.5. The van der Waals surface area contributed by atoms with Gasteiger partial charge >= 0.3 is 5.97 Å². The smallest absolute Gasteiger partial charge is 0.377 e. The number of Topliss-reactive ketones (excluding diaryl/α,β-unsaturated/α-hetero) is 1. The predicted octanol–water partition coefficient (Wildman–Crippen LogP) is 1.12. The van der Waals surface area contributed by atoms with E-state index in [1.165, 1.54) is 27.4 Å². The van der Waals surface area contributed by atoms with E-state index in [-0.39, 0.29) is 17.9 Å². The number of carboxylic acid groups (broad SMARTS) is 1.